The van der Waals surface area contributed by atoms with Crippen LogP contribution in [0.3, 0.4) is 0 Å². The first-order valence-corrected chi connectivity index (χ1v) is 10.5. The second-order valence-corrected chi connectivity index (χ2v) is 8.27. The zero-order valence-corrected chi connectivity index (χ0v) is 18.1. The molecule has 2 aromatic rings. The summed E-state index contributed by atoms with van der Waals surface area (Å²) in [6.07, 6.45) is -6.93. The van der Waals surface area contributed by atoms with Gasteiger partial charge in [0.2, 0.25) is 6.29 Å². The summed E-state index contributed by atoms with van der Waals surface area (Å²) in [5, 5.41) is 44.2. The lowest BCUT2D eigenvalue weighted by molar-refractivity contribution is -0.277. The highest BCUT2D eigenvalue weighted by molar-refractivity contribution is 7.18. The molecule has 1 aromatic heterocycles. The number of benzene rings is 1. The summed E-state index contributed by atoms with van der Waals surface area (Å²) in [6, 6.07) is 5.94. The third kappa shape index (κ3) is 4.85. The van der Waals surface area contributed by atoms with Crippen molar-refractivity contribution in [2.24, 2.45) is 5.73 Å². The number of ether oxygens (including phenoxy) is 2. The minimum absolute atomic E-state index is 0.288. The molecular weight excluding hydrogens is 442 g/mol. The van der Waals surface area contributed by atoms with Gasteiger partial charge in [-0.1, -0.05) is 0 Å². The van der Waals surface area contributed by atoms with Gasteiger partial charge in [0, 0.05) is 11.9 Å². The van der Waals surface area contributed by atoms with E-state index in [9.17, 15) is 30.0 Å². The van der Waals surface area contributed by atoms with Crippen LogP contribution in [0.1, 0.15) is 15.2 Å². The number of thiophene rings is 1. The Bertz CT molecular complexity index is 995. The van der Waals surface area contributed by atoms with Crippen molar-refractivity contribution in [3.63, 3.8) is 0 Å². The number of nitrogens with two attached hydrogens (primary N) is 1. The number of aryl methyl sites for hydroxylation is 1. The van der Waals surface area contributed by atoms with Gasteiger partial charge in [-0.05, 0) is 42.3 Å². The Morgan fingerprint density at radius 2 is 1.91 bits per heavy atom. The zero-order valence-electron chi connectivity index (χ0n) is 17.3. The largest absolute Gasteiger partial charge is 0.462 e. The first-order valence-electron chi connectivity index (χ1n) is 9.66. The van der Waals surface area contributed by atoms with Crippen LogP contribution in [-0.4, -0.2) is 76.7 Å². The van der Waals surface area contributed by atoms with E-state index in [4.69, 9.17) is 15.2 Å². The first kappa shape index (κ1) is 23.9. The molecule has 5 atom stereocenters. The molecule has 11 nitrogen and oxygen atoms in total. The van der Waals surface area contributed by atoms with Crippen LogP contribution in [0.5, 0.6) is 5.75 Å². The van der Waals surface area contributed by atoms with E-state index in [1.54, 1.807) is 31.2 Å². The first-order chi connectivity index (χ1) is 15.2. The number of amides is 3. The molecule has 0 saturated carbocycles. The average Bonchev–Trinajstić information content (AvgIpc) is 3.17. The van der Waals surface area contributed by atoms with E-state index >= 15 is 0 Å². The number of nitrogens with one attached hydrogen (secondary N) is 2. The van der Waals surface area contributed by atoms with Gasteiger partial charge in [0.05, 0.1) is 12.3 Å². The SMILES string of the molecule is CNC(=O)c1sc(-c2ccc(OC3OC(CO)C(O)C(O)C3O)c(C)c2)cc1NC(N)=O. The highest BCUT2D eigenvalue weighted by atomic mass is 32.1. The molecule has 3 amide bonds. The van der Waals surface area contributed by atoms with Gasteiger partial charge in [-0.15, -0.1) is 11.3 Å². The van der Waals surface area contributed by atoms with Gasteiger partial charge in [0.15, 0.2) is 0 Å². The van der Waals surface area contributed by atoms with Crippen molar-refractivity contribution in [2.75, 3.05) is 19.0 Å². The van der Waals surface area contributed by atoms with Crippen LogP contribution in [0, 0.1) is 6.92 Å². The maximum absolute atomic E-state index is 12.1. The lowest BCUT2D eigenvalue weighted by atomic mass is 9.99. The van der Waals surface area contributed by atoms with Gasteiger partial charge < -0.3 is 46.3 Å². The highest BCUT2D eigenvalue weighted by Crippen LogP contribution is 2.37. The fourth-order valence-corrected chi connectivity index (χ4v) is 4.32. The van der Waals surface area contributed by atoms with Gasteiger partial charge in [-0.25, -0.2) is 4.79 Å². The maximum atomic E-state index is 12.1. The van der Waals surface area contributed by atoms with E-state index in [1.165, 1.54) is 18.4 Å². The van der Waals surface area contributed by atoms with E-state index in [-0.39, 0.29) is 11.6 Å². The summed E-state index contributed by atoms with van der Waals surface area (Å²) in [6.45, 7) is 1.19. The average molecular weight is 468 g/mol. The van der Waals surface area contributed by atoms with Crippen molar-refractivity contribution in [1.82, 2.24) is 5.32 Å². The van der Waals surface area contributed by atoms with Gasteiger partial charge in [-0.3, -0.25) is 4.79 Å². The van der Waals surface area contributed by atoms with Crippen LogP contribution in [0.25, 0.3) is 10.4 Å². The van der Waals surface area contributed by atoms with Crippen LogP contribution in [0.15, 0.2) is 24.3 Å². The minimum atomic E-state index is -1.55. The molecule has 2 heterocycles. The Morgan fingerprint density at radius 3 is 2.50 bits per heavy atom. The van der Waals surface area contributed by atoms with Gasteiger partial charge in [-0.2, -0.15) is 0 Å². The number of rotatable bonds is 6. The summed E-state index contributed by atoms with van der Waals surface area (Å²) >= 11 is 1.17. The number of primary amides is 1. The predicted octanol–water partition coefficient (Wildman–Crippen LogP) is -0.248. The van der Waals surface area contributed by atoms with Crippen LogP contribution >= 0.6 is 11.3 Å². The standard InChI is InChI=1S/C20H25N3O8S/c1-8-5-9(13-6-10(23-20(21)29)17(32-13)18(28)22-2)3-4-11(8)30-19-16(27)15(26)14(25)12(7-24)31-19/h3-6,12,14-16,19,24-27H,7H2,1-2H3,(H,22,28)(H3,21,23,29). The number of hydrogen-bond donors (Lipinski definition) is 7. The Labute approximate surface area is 187 Å². The van der Waals surface area contributed by atoms with Crippen LogP contribution < -0.4 is 21.1 Å². The van der Waals surface area contributed by atoms with Gasteiger partial charge >= 0.3 is 6.03 Å². The second-order valence-electron chi connectivity index (χ2n) is 7.22. The smallest absolute Gasteiger partial charge is 0.316 e. The number of aliphatic hydroxyl groups is 4. The lowest BCUT2D eigenvalue weighted by Gasteiger charge is -2.39. The van der Waals surface area contributed by atoms with Crippen molar-refractivity contribution >= 4 is 29.0 Å². The van der Waals surface area contributed by atoms with Crippen molar-refractivity contribution in [3.05, 3.63) is 34.7 Å². The van der Waals surface area contributed by atoms with Crippen LogP contribution in [0.2, 0.25) is 0 Å². The second kappa shape index (κ2) is 9.81. The molecule has 12 heteroatoms. The number of aliphatic hydroxyl groups excluding tert-OH is 4. The number of carbonyl (C=O) groups is 2. The molecule has 3 rings (SSSR count). The van der Waals surface area contributed by atoms with Gasteiger partial charge in [0.1, 0.15) is 35.0 Å². The Kier molecular flexibility index (Phi) is 7.33. The topological polar surface area (TPSA) is 184 Å². The summed E-state index contributed by atoms with van der Waals surface area (Å²) in [5.41, 5.74) is 6.86. The number of anilines is 1. The molecule has 0 radical (unpaired) electrons. The van der Waals surface area contributed by atoms with E-state index in [1.807, 2.05) is 0 Å². The number of urea groups is 1. The zero-order chi connectivity index (χ0) is 23.6. The molecule has 1 fully saturated rings. The van der Waals surface area contributed by atoms with E-state index < -0.39 is 43.3 Å². The van der Waals surface area contributed by atoms with E-state index in [0.29, 0.717) is 21.1 Å². The maximum Gasteiger partial charge on any atom is 0.316 e. The molecule has 0 bridgehead atoms. The Balaban J connectivity index is 1.85. The molecule has 32 heavy (non-hydrogen) atoms. The summed E-state index contributed by atoms with van der Waals surface area (Å²) in [4.78, 5) is 24.4. The molecule has 0 spiro atoms. The highest BCUT2D eigenvalue weighted by Gasteiger charge is 2.44. The Hall–Kier alpha value is -2.74. The van der Waals surface area contributed by atoms with E-state index in [2.05, 4.69) is 10.6 Å². The molecule has 1 aliphatic rings. The Morgan fingerprint density at radius 1 is 1.19 bits per heavy atom. The van der Waals surface area contributed by atoms with Crippen molar-refractivity contribution in [2.45, 2.75) is 37.6 Å². The molecular formula is C20H25N3O8S. The van der Waals surface area contributed by atoms with Crippen LogP contribution in [0.4, 0.5) is 10.5 Å². The number of carbonyl (C=O) groups excluding carboxylic acids is 2. The predicted molar refractivity (Wildman–Crippen MR) is 115 cm³/mol. The summed E-state index contributed by atoms with van der Waals surface area (Å²) < 4.78 is 11.1. The molecule has 174 valence electrons. The fourth-order valence-electron chi connectivity index (χ4n) is 3.27. The lowest BCUT2D eigenvalue weighted by Crippen LogP contribution is -2.60. The monoisotopic (exact) mass is 467 g/mol. The van der Waals surface area contributed by atoms with Crippen molar-refractivity contribution < 1.29 is 39.5 Å². The summed E-state index contributed by atoms with van der Waals surface area (Å²) in [5.74, 6) is -0.0269. The molecule has 0 aliphatic carbocycles. The molecule has 1 aromatic carbocycles. The van der Waals surface area contributed by atoms with E-state index in [0.717, 1.165) is 5.56 Å². The normalized spacial score (nSPS) is 25.2. The van der Waals surface area contributed by atoms with Crippen LogP contribution in [-0.2, 0) is 4.74 Å². The third-order valence-corrected chi connectivity index (χ3v) is 6.16. The number of hydrogen-bond acceptors (Lipinski definition) is 9. The van der Waals surface area contributed by atoms with Gasteiger partial charge in [0.25, 0.3) is 5.91 Å². The molecule has 5 unspecified atom stereocenters. The molecule has 1 saturated heterocycles. The minimum Gasteiger partial charge on any atom is -0.462 e. The quantitative estimate of drug-likeness (QED) is 0.303. The fraction of sp³-hybridized carbons (Fsp3) is 0.400. The molecule has 8 N–H and O–H groups in total. The van der Waals surface area contributed by atoms with Crippen molar-refractivity contribution in [3.8, 4) is 16.2 Å². The van der Waals surface area contributed by atoms with Crippen molar-refractivity contribution in [1.29, 1.82) is 0 Å². The summed E-state index contributed by atoms with van der Waals surface area (Å²) in [7, 11) is 1.48. The third-order valence-electron chi connectivity index (χ3n) is 4.97. The molecule has 1 aliphatic heterocycles.